The lowest BCUT2D eigenvalue weighted by atomic mass is 10.2. The van der Waals surface area contributed by atoms with Gasteiger partial charge < -0.3 is 15.2 Å². The number of rotatable bonds is 7. The second kappa shape index (κ2) is 7.63. The summed E-state index contributed by atoms with van der Waals surface area (Å²) in [5.41, 5.74) is 0.271. The van der Waals surface area contributed by atoms with E-state index in [4.69, 9.17) is 9.84 Å². The number of thioether (sulfide) groups is 1. The highest BCUT2D eigenvalue weighted by molar-refractivity contribution is 7.98. The van der Waals surface area contributed by atoms with Crippen LogP contribution in [-0.2, 0) is 4.79 Å². The van der Waals surface area contributed by atoms with Crippen LogP contribution in [0, 0.1) is 0 Å². The van der Waals surface area contributed by atoms with Gasteiger partial charge in [0, 0.05) is 6.20 Å². The van der Waals surface area contributed by atoms with Crippen LogP contribution < -0.4 is 10.1 Å². The van der Waals surface area contributed by atoms with Crippen LogP contribution >= 0.6 is 11.8 Å². The van der Waals surface area contributed by atoms with E-state index in [9.17, 15) is 9.59 Å². The van der Waals surface area contributed by atoms with Crippen LogP contribution in [0.2, 0.25) is 0 Å². The predicted octanol–water partition coefficient (Wildman–Crippen LogP) is 1.03. The first-order valence-electron chi connectivity index (χ1n) is 5.60. The molecule has 0 saturated carbocycles. The zero-order valence-corrected chi connectivity index (χ0v) is 11.6. The van der Waals surface area contributed by atoms with Crippen molar-refractivity contribution in [2.45, 2.75) is 12.5 Å². The number of carbonyl (C=O) groups is 2. The molecule has 104 valence electrons. The minimum absolute atomic E-state index is 0.271. The summed E-state index contributed by atoms with van der Waals surface area (Å²) in [6.45, 7) is 0. The van der Waals surface area contributed by atoms with E-state index in [0.29, 0.717) is 17.9 Å². The topological polar surface area (TPSA) is 88.5 Å². The van der Waals surface area contributed by atoms with Gasteiger partial charge in [0.2, 0.25) is 0 Å². The van der Waals surface area contributed by atoms with Gasteiger partial charge in [0.25, 0.3) is 5.91 Å². The van der Waals surface area contributed by atoms with Crippen molar-refractivity contribution in [3.63, 3.8) is 0 Å². The molecule has 1 aromatic rings. The Hall–Kier alpha value is -1.76. The summed E-state index contributed by atoms with van der Waals surface area (Å²) in [4.78, 5) is 26.9. The van der Waals surface area contributed by atoms with Crippen molar-refractivity contribution in [2.24, 2.45) is 0 Å². The zero-order chi connectivity index (χ0) is 14.3. The number of aromatic nitrogens is 1. The van der Waals surface area contributed by atoms with E-state index in [2.05, 4.69) is 10.3 Å². The Morgan fingerprint density at radius 1 is 1.58 bits per heavy atom. The van der Waals surface area contributed by atoms with Gasteiger partial charge in [-0.1, -0.05) is 0 Å². The number of aliphatic carboxylic acids is 1. The van der Waals surface area contributed by atoms with Crippen molar-refractivity contribution in [3.05, 3.63) is 24.0 Å². The Labute approximate surface area is 115 Å². The van der Waals surface area contributed by atoms with Gasteiger partial charge in [-0.25, -0.2) is 4.79 Å². The van der Waals surface area contributed by atoms with Crippen molar-refractivity contribution >= 4 is 23.6 Å². The van der Waals surface area contributed by atoms with Crippen LogP contribution in [0.4, 0.5) is 0 Å². The number of carboxylic acid groups (broad SMARTS) is 1. The van der Waals surface area contributed by atoms with Gasteiger partial charge in [-0.2, -0.15) is 11.8 Å². The van der Waals surface area contributed by atoms with Crippen molar-refractivity contribution < 1.29 is 19.4 Å². The third kappa shape index (κ3) is 4.44. The van der Waals surface area contributed by atoms with Gasteiger partial charge >= 0.3 is 5.97 Å². The van der Waals surface area contributed by atoms with E-state index in [-0.39, 0.29) is 5.56 Å². The maximum absolute atomic E-state index is 12.0. The summed E-state index contributed by atoms with van der Waals surface area (Å²) in [5, 5.41) is 11.5. The molecule has 0 spiro atoms. The molecule has 1 amide bonds. The molecule has 7 heteroatoms. The zero-order valence-electron chi connectivity index (χ0n) is 10.8. The SMILES string of the molecule is COc1cnccc1C(=O)N[C@H](CCSC)C(=O)O. The molecule has 6 nitrogen and oxygen atoms in total. The summed E-state index contributed by atoms with van der Waals surface area (Å²) >= 11 is 1.53. The number of hydrogen-bond donors (Lipinski definition) is 2. The van der Waals surface area contributed by atoms with Crippen molar-refractivity contribution in [1.29, 1.82) is 0 Å². The molecule has 0 unspecified atom stereocenters. The Morgan fingerprint density at radius 2 is 2.32 bits per heavy atom. The average molecular weight is 284 g/mol. The molecule has 0 saturated heterocycles. The lowest BCUT2D eigenvalue weighted by Crippen LogP contribution is -2.41. The van der Waals surface area contributed by atoms with Crippen molar-refractivity contribution in [1.82, 2.24) is 10.3 Å². The maximum Gasteiger partial charge on any atom is 0.326 e. The number of amides is 1. The number of ether oxygens (including phenoxy) is 1. The normalized spacial score (nSPS) is 11.7. The van der Waals surface area contributed by atoms with Crippen LogP contribution in [0.5, 0.6) is 5.75 Å². The first-order valence-corrected chi connectivity index (χ1v) is 7.00. The number of pyridine rings is 1. The van der Waals surface area contributed by atoms with E-state index in [1.807, 2.05) is 6.26 Å². The van der Waals surface area contributed by atoms with E-state index in [1.165, 1.54) is 37.3 Å². The van der Waals surface area contributed by atoms with Crippen LogP contribution in [-0.4, -0.2) is 47.1 Å². The fraction of sp³-hybridized carbons (Fsp3) is 0.417. The standard InChI is InChI=1S/C12H16N2O4S/c1-18-10-7-13-5-3-8(10)11(15)14-9(12(16)17)4-6-19-2/h3,5,7,9H,4,6H2,1-2H3,(H,14,15)(H,16,17)/t9-/m1/s1. The second-order valence-corrected chi connectivity index (χ2v) is 4.71. The molecule has 0 aliphatic heterocycles. The number of carboxylic acids is 1. The third-order valence-corrected chi connectivity index (χ3v) is 3.11. The lowest BCUT2D eigenvalue weighted by molar-refractivity contribution is -0.139. The fourth-order valence-electron chi connectivity index (χ4n) is 1.46. The van der Waals surface area contributed by atoms with E-state index in [0.717, 1.165) is 0 Å². The lowest BCUT2D eigenvalue weighted by Gasteiger charge is -2.15. The molecule has 0 radical (unpaired) electrons. The molecule has 1 atom stereocenters. The molecule has 1 rings (SSSR count). The maximum atomic E-state index is 12.0. The minimum Gasteiger partial charge on any atom is -0.494 e. The second-order valence-electron chi connectivity index (χ2n) is 3.72. The van der Waals surface area contributed by atoms with Gasteiger partial charge in [-0.15, -0.1) is 0 Å². The molecule has 0 aliphatic rings. The molecule has 1 heterocycles. The summed E-state index contributed by atoms with van der Waals surface area (Å²) in [7, 11) is 1.43. The molecule has 0 aromatic carbocycles. The van der Waals surface area contributed by atoms with Crippen LogP contribution in [0.25, 0.3) is 0 Å². The Bertz CT molecular complexity index is 453. The van der Waals surface area contributed by atoms with E-state index in [1.54, 1.807) is 0 Å². The molecule has 2 N–H and O–H groups in total. The smallest absolute Gasteiger partial charge is 0.326 e. The fourth-order valence-corrected chi connectivity index (χ4v) is 1.93. The summed E-state index contributed by atoms with van der Waals surface area (Å²) in [6, 6.07) is 0.583. The van der Waals surface area contributed by atoms with Gasteiger partial charge in [-0.05, 0) is 24.5 Å². The van der Waals surface area contributed by atoms with Gasteiger partial charge in [0.1, 0.15) is 11.8 Å². The van der Waals surface area contributed by atoms with Gasteiger partial charge in [0.05, 0.1) is 18.9 Å². The van der Waals surface area contributed by atoms with Crippen LogP contribution in [0.1, 0.15) is 16.8 Å². The Kier molecular flexibility index (Phi) is 6.14. The molecular formula is C12H16N2O4S. The molecule has 1 aromatic heterocycles. The van der Waals surface area contributed by atoms with Gasteiger partial charge in [0.15, 0.2) is 0 Å². The highest BCUT2D eigenvalue weighted by Crippen LogP contribution is 2.15. The highest BCUT2D eigenvalue weighted by Gasteiger charge is 2.21. The van der Waals surface area contributed by atoms with Crippen molar-refractivity contribution in [3.8, 4) is 5.75 Å². The third-order valence-electron chi connectivity index (χ3n) is 2.46. The average Bonchev–Trinajstić information content (AvgIpc) is 2.42. The van der Waals surface area contributed by atoms with Gasteiger partial charge in [-0.3, -0.25) is 9.78 Å². The largest absolute Gasteiger partial charge is 0.494 e. The van der Waals surface area contributed by atoms with Crippen molar-refractivity contribution in [2.75, 3.05) is 19.1 Å². The molecular weight excluding hydrogens is 268 g/mol. The molecule has 0 aliphatic carbocycles. The van der Waals surface area contributed by atoms with E-state index < -0.39 is 17.9 Å². The predicted molar refractivity (Wildman–Crippen MR) is 72.7 cm³/mol. The quantitative estimate of drug-likeness (QED) is 0.777. The number of nitrogens with one attached hydrogen (secondary N) is 1. The Morgan fingerprint density at radius 3 is 2.89 bits per heavy atom. The first-order chi connectivity index (χ1) is 9.10. The minimum atomic E-state index is -1.05. The molecule has 0 fully saturated rings. The summed E-state index contributed by atoms with van der Waals surface area (Å²) < 4.78 is 5.01. The van der Waals surface area contributed by atoms with E-state index >= 15 is 0 Å². The van der Waals surface area contributed by atoms with Crippen LogP contribution in [0.15, 0.2) is 18.5 Å². The first kappa shape index (κ1) is 15.3. The van der Waals surface area contributed by atoms with Crippen LogP contribution in [0.3, 0.4) is 0 Å². The summed E-state index contributed by atoms with van der Waals surface area (Å²) in [5.74, 6) is -0.553. The highest BCUT2D eigenvalue weighted by atomic mass is 32.2. The number of nitrogens with zero attached hydrogens (tertiary/aromatic N) is 1. The number of carbonyl (C=O) groups excluding carboxylic acids is 1. The Balaban J connectivity index is 2.78. The summed E-state index contributed by atoms with van der Waals surface area (Å²) in [6.07, 6.45) is 5.12. The monoisotopic (exact) mass is 284 g/mol. The number of hydrogen-bond acceptors (Lipinski definition) is 5. The number of methoxy groups -OCH3 is 1. The molecule has 19 heavy (non-hydrogen) atoms. The molecule has 0 bridgehead atoms.